The van der Waals surface area contributed by atoms with Crippen LogP contribution in [0.15, 0.2) is 23.1 Å². The van der Waals surface area contributed by atoms with Crippen molar-refractivity contribution in [2.24, 2.45) is 0 Å². The van der Waals surface area contributed by atoms with Crippen LogP contribution in [-0.2, 0) is 10.0 Å². The molecular formula is C12H16ClFN2O2S. The number of benzene rings is 1. The Morgan fingerprint density at radius 3 is 2.84 bits per heavy atom. The van der Waals surface area contributed by atoms with Gasteiger partial charge >= 0.3 is 0 Å². The van der Waals surface area contributed by atoms with Gasteiger partial charge in [-0.25, -0.2) is 17.5 Å². The molecule has 1 aromatic carbocycles. The minimum Gasteiger partial charge on any atom is -0.313 e. The highest BCUT2D eigenvalue weighted by atomic mass is 35.5. The normalized spacial score (nSPS) is 24.4. The van der Waals surface area contributed by atoms with Crippen molar-refractivity contribution < 1.29 is 12.8 Å². The van der Waals surface area contributed by atoms with Crippen LogP contribution in [0.3, 0.4) is 0 Å². The Morgan fingerprint density at radius 2 is 2.21 bits per heavy atom. The molecule has 7 heteroatoms. The van der Waals surface area contributed by atoms with E-state index in [9.17, 15) is 12.8 Å². The number of halogens is 2. The van der Waals surface area contributed by atoms with Crippen molar-refractivity contribution in [1.29, 1.82) is 0 Å². The maximum atomic E-state index is 13.7. The lowest BCUT2D eigenvalue weighted by atomic mass is 10.0. The molecule has 0 aliphatic carbocycles. The minimum atomic E-state index is -3.95. The second-order valence-corrected chi connectivity index (χ2v) is 6.72. The zero-order valence-electron chi connectivity index (χ0n) is 10.5. The Morgan fingerprint density at radius 1 is 1.47 bits per heavy atom. The molecule has 0 radical (unpaired) electrons. The largest absolute Gasteiger partial charge is 0.313 e. The van der Waals surface area contributed by atoms with Gasteiger partial charge in [0.15, 0.2) is 0 Å². The molecule has 1 aliphatic rings. The highest BCUT2D eigenvalue weighted by Crippen LogP contribution is 2.25. The molecule has 1 heterocycles. The molecule has 1 aromatic rings. The van der Waals surface area contributed by atoms with Gasteiger partial charge in [-0.1, -0.05) is 17.7 Å². The van der Waals surface area contributed by atoms with E-state index in [1.165, 1.54) is 12.1 Å². The Labute approximate surface area is 117 Å². The SMILES string of the molecule is CC1NCCCC1NS(=O)(=O)c1c(F)cccc1Cl. The van der Waals surface area contributed by atoms with Gasteiger partial charge in [-0.3, -0.25) is 0 Å². The summed E-state index contributed by atoms with van der Waals surface area (Å²) in [6, 6.07) is 3.58. The molecule has 2 unspecified atom stereocenters. The van der Waals surface area contributed by atoms with Gasteiger partial charge in [0.1, 0.15) is 10.7 Å². The summed E-state index contributed by atoms with van der Waals surface area (Å²) in [6.07, 6.45) is 1.60. The second-order valence-electron chi connectivity index (χ2n) is 4.66. The highest BCUT2D eigenvalue weighted by Gasteiger charge is 2.29. The van der Waals surface area contributed by atoms with Crippen LogP contribution in [0, 0.1) is 5.82 Å². The average Bonchev–Trinajstić information content (AvgIpc) is 2.31. The van der Waals surface area contributed by atoms with E-state index in [0.29, 0.717) is 0 Å². The van der Waals surface area contributed by atoms with Crippen LogP contribution in [0.2, 0.25) is 5.02 Å². The third-order valence-corrected chi connectivity index (χ3v) is 5.25. The van der Waals surface area contributed by atoms with Gasteiger partial charge in [-0.2, -0.15) is 0 Å². The topological polar surface area (TPSA) is 58.2 Å². The summed E-state index contributed by atoms with van der Waals surface area (Å²) >= 11 is 5.79. The van der Waals surface area contributed by atoms with Crippen LogP contribution in [0.1, 0.15) is 19.8 Å². The predicted octanol–water partition coefficient (Wildman–Crippen LogP) is 1.90. The third-order valence-electron chi connectivity index (χ3n) is 3.26. The van der Waals surface area contributed by atoms with Crippen molar-refractivity contribution in [1.82, 2.24) is 10.0 Å². The first-order chi connectivity index (χ1) is 8.92. The first-order valence-corrected chi connectivity index (χ1v) is 7.97. The molecule has 106 valence electrons. The summed E-state index contributed by atoms with van der Waals surface area (Å²) < 4.78 is 40.7. The number of piperidine rings is 1. The lowest BCUT2D eigenvalue weighted by molar-refractivity contribution is 0.348. The van der Waals surface area contributed by atoms with Gasteiger partial charge in [0.25, 0.3) is 0 Å². The fraction of sp³-hybridized carbons (Fsp3) is 0.500. The van der Waals surface area contributed by atoms with Crippen molar-refractivity contribution in [3.05, 3.63) is 29.0 Å². The molecular weight excluding hydrogens is 291 g/mol. The molecule has 1 fully saturated rings. The van der Waals surface area contributed by atoms with E-state index < -0.39 is 20.7 Å². The smallest absolute Gasteiger partial charge is 0.245 e. The molecule has 0 saturated carbocycles. The zero-order valence-corrected chi connectivity index (χ0v) is 12.1. The van der Waals surface area contributed by atoms with Crippen molar-refractivity contribution in [2.45, 2.75) is 36.7 Å². The zero-order chi connectivity index (χ0) is 14.0. The van der Waals surface area contributed by atoms with Crippen molar-refractivity contribution in [3.63, 3.8) is 0 Å². The average molecular weight is 307 g/mol. The Balaban J connectivity index is 2.27. The Bertz CT molecular complexity index is 545. The monoisotopic (exact) mass is 306 g/mol. The molecule has 19 heavy (non-hydrogen) atoms. The summed E-state index contributed by atoms with van der Waals surface area (Å²) in [7, 11) is -3.95. The van der Waals surface area contributed by atoms with E-state index in [-0.39, 0.29) is 17.1 Å². The van der Waals surface area contributed by atoms with Crippen LogP contribution < -0.4 is 10.0 Å². The predicted molar refractivity (Wildman–Crippen MR) is 72.2 cm³/mol. The second kappa shape index (κ2) is 5.75. The van der Waals surface area contributed by atoms with E-state index in [1.807, 2.05) is 6.92 Å². The van der Waals surface area contributed by atoms with Crippen LogP contribution in [0.25, 0.3) is 0 Å². The van der Waals surface area contributed by atoms with E-state index in [4.69, 9.17) is 11.6 Å². The van der Waals surface area contributed by atoms with Crippen molar-refractivity contribution in [3.8, 4) is 0 Å². The van der Waals surface area contributed by atoms with Gasteiger partial charge in [-0.05, 0) is 38.4 Å². The maximum Gasteiger partial charge on any atom is 0.245 e. The van der Waals surface area contributed by atoms with E-state index in [2.05, 4.69) is 10.0 Å². The Hall–Kier alpha value is -0.690. The lowest BCUT2D eigenvalue weighted by Gasteiger charge is -2.30. The van der Waals surface area contributed by atoms with Crippen LogP contribution in [0.5, 0.6) is 0 Å². The minimum absolute atomic E-state index is 0.00840. The number of hydrogen-bond acceptors (Lipinski definition) is 3. The van der Waals surface area contributed by atoms with Gasteiger partial charge in [0.2, 0.25) is 10.0 Å². The highest BCUT2D eigenvalue weighted by molar-refractivity contribution is 7.89. The van der Waals surface area contributed by atoms with Crippen molar-refractivity contribution in [2.75, 3.05) is 6.54 Å². The van der Waals surface area contributed by atoms with Gasteiger partial charge < -0.3 is 5.32 Å². The van der Waals surface area contributed by atoms with Gasteiger partial charge in [0.05, 0.1) is 5.02 Å². The standard InChI is InChI=1S/C12H16ClFN2O2S/c1-8-11(6-3-7-15-8)16-19(17,18)12-9(13)4-2-5-10(12)14/h2,4-5,8,11,15-16H,3,6-7H2,1H3. The maximum absolute atomic E-state index is 13.7. The molecule has 2 N–H and O–H groups in total. The fourth-order valence-corrected chi connectivity index (χ4v) is 4.16. The summed E-state index contributed by atoms with van der Waals surface area (Å²) in [6.45, 7) is 2.76. The molecule has 0 aromatic heterocycles. The van der Waals surface area contributed by atoms with Crippen molar-refractivity contribution >= 4 is 21.6 Å². The number of hydrogen-bond donors (Lipinski definition) is 2. The quantitative estimate of drug-likeness (QED) is 0.897. The van der Waals surface area contributed by atoms with Gasteiger partial charge in [-0.15, -0.1) is 0 Å². The molecule has 2 atom stereocenters. The fourth-order valence-electron chi connectivity index (χ4n) is 2.20. The molecule has 0 amide bonds. The third kappa shape index (κ3) is 3.25. The van der Waals surface area contributed by atoms with Crippen LogP contribution in [-0.4, -0.2) is 27.0 Å². The number of nitrogens with one attached hydrogen (secondary N) is 2. The lowest BCUT2D eigenvalue weighted by Crippen LogP contribution is -2.51. The van der Waals surface area contributed by atoms with Crippen LogP contribution >= 0.6 is 11.6 Å². The van der Waals surface area contributed by atoms with E-state index in [1.54, 1.807) is 0 Å². The molecule has 2 rings (SSSR count). The van der Waals surface area contributed by atoms with Crippen LogP contribution in [0.4, 0.5) is 4.39 Å². The summed E-state index contributed by atoms with van der Waals surface area (Å²) in [5.74, 6) is -0.837. The molecule has 0 spiro atoms. The summed E-state index contributed by atoms with van der Waals surface area (Å²) in [5.41, 5.74) is 0. The molecule has 4 nitrogen and oxygen atoms in total. The molecule has 1 aliphatic heterocycles. The first kappa shape index (κ1) is 14.7. The first-order valence-electron chi connectivity index (χ1n) is 6.11. The number of rotatable bonds is 3. The number of sulfonamides is 1. The Kier molecular flexibility index (Phi) is 4.45. The molecule has 1 saturated heterocycles. The van der Waals surface area contributed by atoms with E-state index in [0.717, 1.165) is 25.5 Å². The summed E-state index contributed by atoms with van der Waals surface area (Å²) in [5, 5.41) is 3.07. The van der Waals surface area contributed by atoms with Gasteiger partial charge in [0, 0.05) is 12.1 Å². The molecule has 0 bridgehead atoms. The summed E-state index contributed by atoms with van der Waals surface area (Å²) in [4.78, 5) is -0.477. The van der Waals surface area contributed by atoms with E-state index >= 15 is 0 Å².